The fourth-order valence-electron chi connectivity index (χ4n) is 2.41. The summed E-state index contributed by atoms with van der Waals surface area (Å²) < 4.78 is 0. The molecule has 1 saturated heterocycles. The molecule has 0 bridgehead atoms. The lowest BCUT2D eigenvalue weighted by Crippen LogP contribution is -2.31. The van der Waals surface area contributed by atoms with E-state index in [4.69, 9.17) is 11.6 Å². The van der Waals surface area contributed by atoms with Crippen molar-refractivity contribution in [3.05, 3.63) is 22.8 Å². The van der Waals surface area contributed by atoms with Crippen LogP contribution in [-0.2, 0) is 6.54 Å². The Hall–Kier alpha value is -0.840. The average molecular weight is 283 g/mol. The predicted molar refractivity (Wildman–Crippen MR) is 81.0 cm³/mol. The van der Waals surface area contributed by atoms with Crippen LogP contribution in [0.25, 0.3) is 0 Å². The number of rotatable bonds is 6. The third kappa shape index (κ3) is 4.06. The van der Waals surface area contributed by atoms with Gasteiger partial charge < -0.3 is 15.1 Å². The van der Waals surface area contributed by atoms with E-state index in [1.54, 1.807) is 6.20 Å². The molecule has 2 heterocycles. The maximum absolute atomic E-state index is 6.13. The average Bonchev–Trinajstić information content (AvgIpc) is 2.92. The molecule has 4 nitrogen and oxygen atoms in total. The molecule has 2 rings (SSSR count). The molecule has 1 aliphatic rings. The Kier molecular flexibility index (Phi) is 5.43. The van der Waals surface area contributed by atoms with Gasteiger partial charge in [-0.15, -0.1) is 0 Å². The summed E-state index contributed by atoms with van der Waals surface area (Å²) >= 11 is 6.13. The zero-order valence-corrected chi connectivity index (χ0v) is 12.6. The number of likely N-dealkylation sites (tertiary alicyclic amines) is 1. The Morgan fingerprint density at radius 2 is 2.16 bits per heavy atom. The van der Waals surface area contributed by atoms with Gasteiger partial charge in [-0.25, -0.2) is 4.98 Å². The number of nitrogens with one attached hydrogen (secondary N) is 1. The quantitative estimate of drug-likeness (QED) is 0.865. The van der Waals surface area contributed by atoms with Gasteiger partial charge in [0.15, 0.2) is 0 Å². The molecule has 0 atom stereocenters. The summed E-state index contributed by atoms with van der Waals surface area (Å²) in [4.78, 5) is 9.13. The van der Waals surface area contributed by atoms with Crippen molar-refractivity contribution in [3.63, 3.8) is 0 Å². The van der Waals surface area contributed by atoms with Gasteiger partial charge in [-0.05, 0) is 44.6 Å². The van der Waals surface area contributed by atoms with Crippen LogP contribution in [0.4, 0.5) is 5.82 Å². The Bertz CT molecular complexity index is 404. The Balaban J connectivity index is 1.93. The number of pyridine rings is 1. The number of aromatic nitrogens is 1. The summed E-state index contributed by atoms with van der Waals surface area (Å²) in [7, 11) is 4.02. The highest BCUT2D eigenvalue weighted by atomic mass is 35.5. The van der Waals surface area contributed by atoms with E-state index in [0.717, 1.165) is 36.0 Å². The predicted octanol–water partition coefficient (Wildman–Crippen LogP) is 1.99. The van der Waals surface area contributed by atoms with Gasteiger partial charge in [0, 0.05) is 32.9 Å². The highest BCUT2D eigenvalue weighted by Gasteiger charge is 2.13. The number of nitrogens with zero attached hydrogens (tertiary/aromatic N) is 3. The first-order chi connectivity index (χ1) is 9.20. The molecule has 0 unspecified atom stereocenters. The van der Waals surface area contributed by atoms with Gasteiger partial charge in [0.25, 0.3) is 0 Å². The maximum Gasteiger partial charge on any atom is 0.128 e. The third-order valence-electron chi connectivity index (χ3n) is 3.63. The van der Waals surface area contributed by atoms with Crippen LogP contribution in [0.1, 0.15) is 18.4 Å². The van der Waals surface area contributed by atoms with Crippen molar-refractivity contribution in [2.75, 3.05) is 45.2 Å². The summed E-state index contributed by atoms with van der Waals surface area (Å²) in [6.45, 7) is 5.38. The first-order valence-corrected chi connectivity index (χ1v) is 7.31. The van der Waals surface area contributed by atoms with Crippen LogP contribution >= 0.6 is 11.6 Å². The van der Waals surface area contributed by atoms with Gasteiger partial charge in [-0.3, -0.25) is 0 Å². The van der Waals surface area contributed by atoms with Crippen LogP contribution in [0.5, 0.6) is 0 Å². The molecule has 0 amide bonds. The molecule has 1 aromatic rings. The molecule has 0 saturated carbocycles. The second kappa shape index (κ2) is 7.08. The zero-order valence-electron chi connectivity index (χ0n) is 11.8. The van der Waals surface area contributed by atoms with Crippen molar-refractivity contribution < 1.29 is 0 Å². The van der Waals surface area contributed by atoms with E-state index in [1.165, 1.54) is 25.9 Å². The number of anilines is 1. The molecule has 19 heavy (non-hydrogen) atoms. The molecule has 5 heteroatoms. The molecule has 0 aromatic carbocycles. The normalized spacial score (nSPS) is 15.9. The Labute approximate surface area is 120 Å². The highest BCUT2D eigenvalue weighted by Crippen LogP contribution is 2.19. The standard InChI is InChI=1S/C14H23ClN4/c1-16-10-12-9-14(17-11-13(12)15)18(2)7-8-19-5-3-4-6-19/h9,11,16H,3-8,10H2,1-2H3. The summed E-state index contributed by atoms with van der Waals surface area (Å²) in [6, 6.07) is 2.07. The maximum atomic E-state index is 6.13. The van der Waals surface area contributed by atoms with E-state index in [2.05, 4.69) is 33.2 Å². The fraction of sp³-hybridized carbons (Fsp3) is 0.643. The minimum atomic E-state index is 0.728. The fourth-order valence-corrected chi connectivity index (χ4v) is 2.58. The summed E-state index contributed by atoms with van der Waals surface area (Å²) in [5.41, 5.74) is 1.10. The van der Waals surface area contributed by atoms with Crippen molar-refractivity contribution in [3.8, 4) is 0 Å². The lowest BCUT2D eigenvalue weighted by molar-refractivity contribution is 0.346. The lowest BCUT2D eigenvalue weighted by atomic mass is 10.2. The van der Waals surface area contributed by atoms with Gasteiger partial charge in [0.05, 0.1) is 5.02 Å². The molecule has 1 fully saturated rings. The number of likely N-dealkylation sites (N-methyl/N-ethyl adjacent to an activating group) is 1. The summed E-state index contributed by atoms with van der Waals surface area (Å²) in [5, 5.41) is 3.86. The van der Waals surface area contributed by atoms with Gasteiger partial charge in [-0.2, -0.15) is 0 Å². The van der Waals surface area contributed by atoms with Gasteiger partial charge >= 0.3 is 0 Å². The first-order valence-electron chi connectivity index (χ1n) is 6.93. The topological polar surface area (TPSA) is 31.4 Å². The number of hydrogen-bond donors (Lipinski definition) is 1. The molecular formula is C14H23ClN4. The smallest absolute Gasteiger partial charge is 0.128 e. The van der Waals surface area contributed by atoms with Crippen LogP contribution < -0.4 is 10.2 Å². The van der Waals surface area contributed by atoms with Gasteiger partial charge in [0.1, 0.15) is 5.82 Å². The lowest BCUT2D eigenvalue weighted by Gasteiger charge is -2.22. The van der Waals surface area contributed by atoms with E-state index in [0.29, 0.717) is 0 Å². The number of halogens is 1. The van der Waals surface area contributed by atoms with Crippen molar-refractivity contribution in [2.45, 2.75) is 19.4 Å². The van der Waals surface area contributed by atoms with E-state index < -0.39 is 0 Å². The van der Waals surface area contributed by atoms with E-state index >= 15 is 0 Å². The van der Waals surface area contributed by atoms with Crippen LogP contribution in [0.15, 0.2) is 12.3 Å². The van der Waals surface area contributed by atoms with Gasteiger partial charge in [-0.1, -0.05) is 11.6 Å². The molecule has 0 radical (unpaired) electrons. The molecule has 1 aromatic heterocycles. The van der Waals surface area contributed by atoms with E-state index in [-0.39, 0.29) is 0 Å². The summed E-state index contributed by atoms with van der Waals surface area (Å²) in [5.74, 6) is 0.994. The summed E-state index contributed by atoms with van der Waals surface area (Å²) in [6.07, 6.45) is 4.43. The van der Waals surface area contributed by atoms with Crippen LogP contribution in [0, 0.1) is 0 Å². The van der Waals surface area contributed by atoms with Crippen LogP contribution in [0.2, 0.25) is 5.02 Å². The monoisotopic (exact) mass is 282 g/mol. The molecular weight excluding hydrogens is 260 g/mol. The largest absolute Gasteiger partial charge is 0.358 e. The zero-order chi connectivity index (χ0) is 13.7. The molecule has 1 N–H and O–H groups in total. The SMILES string of the molecule is CNCc1cc(N(C)CCN2CCCC2)ncc1Cl. The van der Waals surface area contributed by atoms with Crippen molar-refractivity contribution in [1.29, 1.82) is 0 Å². The molecule has 0 spiro atoms. The minimum Gasteiger partial charge on any atom is -0.358 e. The minimum absolute atomic E-state index is 0.728. The molecule has 106 valence electrons. The Morgan fingerprint density at radius 3 is 2.84 bits per heavy atom. The van der Waals surface area contributed by atoms with E-state index in [1.807, 2.05) is 7.05 Å². The van der Waals surface area contributed by atoms with Gasteiger partial charge in [0.2, 0.25) is 0 Å². The molecule has 1 aliphatic heterocycles. The van der Waals surface area contributed by atoms with E-state index in [9.17, 15) is 0 Å². The Morgan fingerprint density at radius 1 is 1.42 bits per heavy atom. The second-order valence-corrected chi connectivity index (χ2v) is 5.54. The van der Waals surface area contributed by atoms with Crippen molar-refractivity contribution >= 4 is 17.4 Å². The highest BCUT2D eigenvalue weighted by molar-refractivity contribution is 6.31. The van der Waals surface area contributed by atoms with Crippen molar-refractivity contribution in [2.24, 2.45) is 0 Å². The second-order valence-electron chi connectivity index (χ2n) is 5.13. The van der Waals surface area contributed by atoms with Crippen molar-refractivity contribution in [1.82, 2.24) is 15.2 Å². The molecule has 0 aliphatic carbocycles. The van der Waals surface area contributed by atoms with Crippen LogP contribution in [-0.4, -0.2) is 50.2 Å². The first kappa shape index (κ1) is 14.6. The number of hydrogen-bond acceptors (Lipinski definition) is 4. The third-order valence-corrected chi connectivity index (χ3v) is 3.97. The van der Waals surface area contributed by atoms with Crippen LogP contribution in [0.3, 0.4) is 0 Å².